The molecule has 1 aliphatic carbocycles. The van der Waals surface area contributed by atoms with Gasteiger partial charge < -0.3 is 0 Å². The van der Waals surface area contributed by atoms with Crippen molar-refractivity contribution in [3.05, 3.63) is 29.3 Å². The topological polar surface area (TPSA) is 57.9 Å². The van der Waals surface area contributed by atoms with Crippen molar-refractivity contribution in [2.45, 2.75) is 56.1 Å². The number of nitriles is 1. The van der Waals surface area contributed by atoms with E-state index in [-0.39, 0.29) is 5.92 Å². The number of nitrogens with zero attached hydrogens (tertiary/aromatic N) is 1. The Labute approximate surface area is 121 Å². The summed E-state index contributed by atoms with van der Waals surface area (Å²) in [6, 6.07) is 7.73. The fourth-order valence-corrected chi connectivity index (χ4v) is 5.27. The fourth-order valence-electron chi connectivity index (χ4n) is 2.97. The summed E-state index contributed by atoms with van der Waals surface area (Å²) in [5.74, 6) is -0.373. The zero-order valence-electron chi connectivity index (χ0n) is 12.1. The minimum Gasteiger partial charge on any atom is -0.223 e. The molecule has 0 N–H and O–H groups in total. The van der Waals surface area contributed by atoms with Crippen molar-refractivity contribution in [3.63, 3.8) is 0 Å². The third-order valence-corrected chi connectivity index (χ3v) is 6.58. The van der Waals surface area contributed by atoms with Crippen LogP contribution in [-0.2, 0) is 9.84 Å². The second-order valence-electron chi connectivity index (χ2n) is 5.73. The zero-order chi connectivity index (χ0) is 14.8. The van der Waals surface area contributed by atoms with Crippen molar-refractivity contribution in [2.24, 2.45) is 5.92 Å². The molecule has 3 nitrogen and oxygen atoms in total. The summed E-state index contributed by atoms with van der Waals surface area (Å²) in [6.45, 7) is 3.72. The van der Waals surface area contributed by atoms with Crippen LogP contribution in [0.25, 0.3) is 0 Å². The first-order chi connectivity index (χ1) is 9.46. The van der Waals surface area contributed by atoms with Gasteiger partial charge in [-0.2, -0.15) is 5.26 Å². The van der Waals surface area contributed by atoms with Crippen molar-refractivity contribution in [3.8, 4) is 6.07 Å². The molecule has 2 atom stereocenters. The summed E-state index contributed by atoms with van der Waals surface area (Å²) in [5, 5.41) is 8.76. The lowest BCUT2D eigenvalue weighted by molar-refractivity contribution is 0.522. The highest BCUT2D eigenvalue weighted by molar-refractivity contribution is 7.92. The van der Waals surface area contributed by atoms with Gasteiger partial charge >= 0.3 is 0 Å². The first kappa shape index (κ1) is 15.1. The monoisotopic (exact) mass is 291 g/mol. The first-order valence-corrected chi connectivity index (χ1v) is 8.72. The summed E-state index contributed by atoms with van der Waals surface area (Å²) >= 11 is 0. The molecule has 1 aromatic carbocycles. The Morgan fingerprint density at radius 2 is 1.85 bits per heavy atom. The van der Waals surface area contributed by atoms with Gasteiger partial charge in [0.25, 0.3) is 0 Å². The lowest BCUT2D eigenvalue weighted by Gasteiger charge is -2.21. The van der Waals surface area contributed by atoms with E-state index in [4.69, 9.17) is 0 Å². The van der Waals surface area contributed by atoms with E-state index < -0.39 is 15.1 Å². The van der Waals surface area contributed by atoms with E-state index in [9.17, 15) is 13.7 Å². The molecule has 1 saturated carbocycles. The quantitative estimate of drug-likeness (QED) is 0.783. The second-order valence-corrected chi connectivity index (χ2v) is 7.86. The van der Waals surface area contributed by atoms with Gasteiger partial charge in [0, 0.05) is 0 Å². The molecule has 1 aromatic rings. The number of aryl methyl sites for hydroxylation is 2. The normalized spacial score (nSPS) is 23.9. The Balaban J connectivity index is 2.47. The third-order valence-electron chi connectivity index (χ3n) is 4.17. The molecule has 0 aliphatic heterocycles. The number of rotatable bonds is 2. The van der Waals surface area contributed by atoms with Crippen molar-refractivity contribution in [1.82, 2.24) is 0 Å². The molecule has 2 unspecified atom stereocenters. The lowest BCUT2D eigenvalue weighted by Crippen LogP contribution is -2.29. The summed E-state index contributed by atoms with van der Waals surface area (Å²) in [6.07, 6.45) is 4.18. The predicted octanol–water partition coefficient (Wildman–Crippen LogP) is 3.55. The van der Waals surface area contributed by atoms with Crippen LogP contribution in [0.2, 0.25) is 0 Å². The molecule has 4 heteroatoms. The van der Waals surface area contributed by atoms with Crippen LogP contribution >= 0.6 is 0 Å². The summed E-state index contributed by atoms with van der Waals surface area (Å²) in [5.41, 5.74) is 1.72. The van der Waals surface area contributed by atoms with Crippen LogP contribution in [0.5, 0.6) is 0 Å². The SMILES string of the molecule is Cc1ccc(C)c(S(=O)(=O)C2CCCCCC2C#N)c1. The van der Waals surface area contributed by atoms with E-state index in [2.05, 4.69) is 6.07 Å². The second kappa shape index (κ2) is 5.97. The average molecular weight is 291 g/mol. The molecular weight excluding hydrogens is 270 g/mol. The predicted molar refractivity (Wildman–Crippen MR) is 79.1 cm³/mol. The smallest absolute Gasteiger partial charge is 0.182 e. The Bertz CT molecular complexity index is 628. The third kappa shape index (κ3) is 2.88. The van der Waals surface area contributed by atoms with Gasteiger partial charge in [0.1, 0.15) is 0 Å². The molecule has 0 bridgehead atoms. The number of sulfone groups is 1. The largest absolute Gasteiger partial charge is 0.223 e. The number of hydrogen-bond acceptors (Lipinski definition) is 3. The van der Waals surface area contributed by atoms with Crippen LogP contribution in [-0.4, -0.2) is 13.7 Å². The van der Waals surface area contributed by atoms with Gasteiger partial charge in [-0.15, -0.1) is 0 Å². The van der Waals surface area contributed by atoms with E-state index in [1.807, 2.05) is 26.0 Å². The number of benzene rings is 1. The first-order valence-electron chi connectivity index (χ1n) is 7.17. The molecule has 0 spiro atoms. The van der Waals surface area contributed by atoms with Crippen molar-refractivity contribution < 1.29 is 8.42 Å². The molecule has 1 fully saturated rings. The van der Waals surface area contributed by atoms with Crippen molar-refractivity contribution in [2.75, 3.05) is 0 Å². The molecule has 0 heterocycles. The van der Waals surface area contributed by atoms with Crippen LogP contribution in [0.1, 0.15) is 43.2 Å². The van der Waals surface area contributed by atoms with Gasteiger partial charge in [0.05, 0.1) is 22.1 Å². The highest BCUT2D eigenvalue weighted by Gasteiger charge is 2.36. The molecule has 0 saturated heterocycles. The van der Waals surface area contributed by atoms with Crippen LogP contribution in [0, 0.1) is 31.1 Å². The molecule has 1 aliphatic rings. The minimum absolute atomic E-state index is 0.373. The fraction of sp³-hybridized carbons (Fsp3) is 0.562. The Hall–Kier alpha value is -1.34. The van der Waals surface area contributed by atoms with Gasteiger partial charge in [-0.05, 0) is 43.9 Å². The summed E-state index contributed by atoms with van der Waals surface area (Å²) in [7, 11) is -3.42. The Morgan fingerprint density at radius 1 is 1.15 bits per heavy atom. The van der Waals surface area contributed by atoms with Gasteiger partial charge in [0.15, 0.2) is 9.84 Å². The van der Waals surface area contributed by atoms with Crippen molar-refractivity contribution in [1.29, 1.82) is 5.26 Å². The number of hydrogen-bond donors (Lipinski definition) is 0. The minimum atomic E-state index is -3.42. The summed E-state index contributed by atoms with van der Waals surface area (Å²) < 4.78 is 25.9. The maximum Gasteiger partial charge on any atom is 0.182 e. The molecule has 0 aromatic heterocycles. The highest BCUT2D eigenvalue weighted by atomic mass is 32.2. The Kier molecular flexibility index (Phi) is 4.49. The van der Waals surface area contributed by atoms with Crippen molar-refractivity contribution >= 4 is 9.84 Å². The van der Waals surface area contributed by atoms with Gasteiger partial charge in [-0.25, -0.2) is 8.42 Å². The van der Waals surface area contributed by atoms with Crippen LogP contribution in [0.15, 0.2) is 23.1 Å². The molecule has 0 amide bonds. The van der Waals surface area contributed by atoms with Crippen LogP contribution in [0.4, 0.5) is 0 Å². The standard InChI is InChI=1S/C16H21NO2S/c1-12-8-9-13(2)16(10-12)20(18,19)15-7-5-3-4-6-14(15)11-17/h8-10,14-15H,3-7H2,1-2H3. The van der Waals surface area contributed by atoms with Gasteiger partial charge in [0.2, 0.25) is 0 Å². The molecular formula is C16H21NO2S. The maximum absolute atomic E-state index is 12.9. The molecule has 2 rings (SSSR count). The van der Waals surface area contributed by atoms with Crippen LogP contribution in [0.3, 0.4) is 0 Å². The van der Waals surface area contributed by atoms with E-state index in [1.165, 1.54) is 0 Å². The van der Waals surface area contributed by atoms with Gasteiger partial charge in [-0.1, -0.05) is 31.4 Å². The van der Waals surface area contributed by atoms with E-state index in [0.717, 1.165) is 30.4 Å². The molecule has 108 valence electrons. The van der Waals surface area contributed by atoms with Gasteiger partial charge in [-0.3, -0.25) is 0 Å². The lowest BCUT2D eigenvalue weighted by atomic mass is 10.0. The molecule has 20 heavy (non-hydrogen) atoms. The zero-order valence-corrected chi connectivity index (χ0v) is 12.9. The van der Waals surface area contributed by atoms with E-state index in [1.54, 1.807) is 6.07 Å². The maximum atomic E-state index is 12.9. The van der Waals surface area contributed by atoms with E-state index in [0.29, 0.717) is 17.7 Å². The molecule has 0 radical (unpaired) electrons. The van der Waals surface area contributed by atoms with Crippen LogP contribution < -0.4 is 0 Å². The average Bonchev–Trinajstić information content (AvgIpc) is 2.66. The van der Waals surface area contributed by atoms with E-state index >= 15 is 0 Å². The summed E-state index contributed by atoms with van der Waals surface area (Å²) in [4.78, 5) is 0.407. The highest BCUT2D eigenvalue weighted by Crippen LogP contribution is 2.33. The Morgan fingerprint density at radius 3 is 2.55 bits per heavy atom.